The summed E-state index contributed by atoms with van der Waals surface area (Å²) in [5, 5.41) is 12.8. The highest BCUT2D eigenvalue weighted by Gasteiger charge is 2.67. The second kappa shape index (κ2) is 7.00. The molecule has 0 aromatic heterocycles. The van der Waals surface area contributed by atoms with Gasteiger partial charge in [0.15, 0.2) is 0 Å². The first-order valence-corrected chi connectivity index (χ1v) is 9.55. The molecule has 2 aliphatic rings. The van der Waals surface area contributed by atoms with Crippen molar-refractivity contribution in [2.24, 2.45) is 11.8 Å². The third-order valence-electron chi connectivity index (χ3n) is 5.75. The van der Waals surface area contributed by atoms with Crippen LogP contribution in [0.1, 0.15) is 25.5 Å². The van der Waals surface area contributed by atoms with E-state index in [2.05, 4.69) is 5.32 Å². The third kappa shape index (κ3) is 2.89. The lowest BCUT2D eigenvalue weighted by Crippen LogP contribution is -2.54. The molecular formula is C22H22N2O5. The van der Waals surface area contributed by atoms with E-state index in [1.807, 2.05) is 0 Å². The Morgan fingerprint density at radius 2 is 1.76 bits per heavy atom. The Morgan fingerprint density at radius 1 is 1.10 bits per heavy atom. The molecule has 0 bridgehead atoms. The number of aromatic hydroxyl groups is 1. The number of ether oxygens (including phenoxy) is 1. The highest BCUT2D eigenvalue weighted by molar-refractivity contribution is 6.24. The Morgan fingerprint density at radius 3 is 2.38 bits per heavy atom. The number of benzene rings is 2. The number of rotatable bonds is 4. The summed E-state index contributed by atoms with van der Waals surface area (Å²) in [6, 6.07) is 14.5. The molecule has 0 unspecified atom stereocenters. The van der Waals surface area contributed by atoms with Crippen molar-refractivity contribution in [1.29, 1.82) is 0 Å². The molecular weight excluding hydrogens is 372 g/mol. The number of carbonyl (C=O) groups excluding carboxylic acids is 3. The second-order valence-electron chi connectivity index (χ2n) is 7.49. The summed E-state index contributed by atoms with van der Waals surface area (Å²) < 4.78 is 5.24. The minimum absolute atomic E-state index is 0.0937. The number of carbonyl (C=O) groups is 3. The predicted octanol–water partition coefficient (Wildman–Crippen LogP) is 2.16. The molecule has 2 aliphatic heterocycles. The first-order chi connectivity index (χ1) is 13.9. The van der Waals surface area contributed by atoms with Crippen molar-refractivity contribution in [1.82, 2.24) is 5.32 Å². The maximum Gasteiger partial charge on any atom is 0.326 e. The van der Waals surface area contributed by atoms with Crippen molar-refractivity contribution in [3.63, 3.8) is 0 Å². The lowest BCUT2D eigenvalue weighted by molar-refractivity contribution is -0.153. The largest absolute Gasteiger partial charge is 0.508 e. The fourth-order valence-electron chi connectivity index (χ4n) is 4.41. The molecule has 2 aromatic carbocycles. The van der Waals surface area contributed by atoms with Crippen molar-refractivity contribution < 1.29 is 24.2 Å². The van der Waals surface area contributed by atoms with Crippen LogP contribution in [-0.4, -0.2) is 35.0 Å². The number of para-hydroxylation sites is 1. The van der Waals surface area contributed by atoms with E-state index in [4.69, 9.17) is 4.74 Å². The Hall–Kier alpha value is -3.19. The van der Waals surface area contributed by atoms with Gasteiger partial charge in [-0.05, 0) is 43.7 Å². The molecule has 0 saturated carbocycles. The summed E-state index contributed by atoms with van der Waals surface area (Å²) in [4.78, 5) is 40.7. The number of fused-ring (bicyclic) bond motifs is 1. The number of amides is 2. The summed E-state index contributed by atoms with van der Waals surface area (Å²) in [7, 11) is 0. The maximum absolute atomic E-state index is 13.4. The SMILES string of the molecule is CCOC(=O)[C@]1(C)N[C@@H](c2ccc(O)cc2)[C@H]2C(=O)N(c3ccccc3)C(=O)[C@H]21. The van der Waals surface area contributed by atoms with Gasteiger partial charge in [0.25, 0.3) is 0 Å². The smallest absolute Gasteiger partial charge is 0.326 e. The van der Waals surface area contributed by atoms with E-state index in [-0.39, 0.29) is 18.3 Å². The van der Waals surface area contributed by atoms with Crippen molar-refractivity contribution >= 4 is 23.5 Å². The number of hydrogen-bond donors (Lipinski definition) is 2. The lowest BCUT2D eigenvalue weighted by atomic mass is 9.80. The normalized spacial score (nSPS) is 28.5. The third-order valence-corrected chi connectivity index (χ3v) is 5.75. The molecule has 150 valence electrons. The minimum atomic E-state index is -1.35. The summed E-state index contributed by atoms with van der Waals surface area (Å²) in [5.74, 6) is -2.90. The number of nitrogens with one attached hydrogen (secondary N) is 1. The molecule has 2 N–H and O–H groups in total. The number of phenols is 1. The number of phenolic OH excluding ortho intramolecular Hbond substituents is 1. The average Bonchev–Trinajstić information content (AvgIpc) is 3.17. The molecule has 4 atom stereocenters. The molecule has 2 saturated heterocycles. The van der Waals surface area contributed by atoms with Crippen molar-refractivity contribution in [3.05, 3.63) is 60.2 Å². The van der Waals surface area contributed by atoms with Crippen LogP contribution >= 0.6 is 0 Å². The van der Waals surface area contributed by atoms with Gasteiger partial charge in [0.2, 0.25) is 11.8 Å². The Labute approximate surface area is 168 Å². The quantitative estimate of drug-likeness (QED) is 0.610. The highest BCUT2D eigenvalue weighted by Crippen LogP contribution is 2.50. The van der Waals surface area contributed by atoms with Crippen molar-refractivity contribution in [3.8, 4) is 5.75 Å². The van der Waals surface area contributed by atoms with Crippen LogP contribution in [0.3, 0.4) is 0 Å². The Balaban J connectivity index is 1.81. The molecule has 7 nitrogen and oxygen atoms in total. The Kier molecular flexibility index (Phi) is 4.62. The van der Waals surface area contributed by atoms with E-state index < -0.39 is 35.3 Å². The zero-order valence-electron chi connectivity index (χ0n) is 16.2. The van der Waals surface area contributed by atoms with Crippen LogP contribution in [0, 0.1) is 11.8 Å². The molecule has 2 aromatic rings. The van der Waals surface area contributed by atoms with Crippen LogP contribution in [0.25, 0.3) is 0 Å². The van der Waals surface area contributed by atoms with Crippen LogP contribution in [0.5, 0.6) is 5.75 Å². The van der Waals surface area contributed by atoms with Crippen molar-refractivity contribution in [2.45, 2.75) is 25.4 Å². The number of anilines is 1. The van der Waals surface area contributed by atoms with E-state index in [9.17, 15) is 19.5 Å². The van der Waals surface area contributed by atoms with Gasteiger partial charge < -0.3 is 9.84 Å². The molecule has 0 spiro atoms. The Bertz CT molecular complexity index is 959. The second-order valence-corrected chi connectivity index (χ2v) is 7.49. The van der Waals surface area contributed by atoms with Gasteiger partial charge in [0.05, 0.1) is 24.1 Å². The number of esters is 1. The first-order valence-electron chi connectivity index (χ1n) is 9.55. The van der Waals surface area contributed by atoms with Crippen molar-refractivity contribution in [2.75, 3.05) is 11.5 Å². The first kappa shape index (κ1) is 19.1. The van der Waals surface area contributed by atoms with Gasteiger partial charge in [-0.1, -0.05) is 30.3 Å². The topological polar surface area (TPSA) is 95.9 Å². The minimum Gasteiger partial charge on any atom is -0.508 e. The van der Waals surface area contributed by atoms with Gasteiger partial charge >= 0.3 is 5.97 Å². The molecule has 0 radical (unpaired) electrons. The van der Waals surface area contributed by atoms with E-state index in [0.717, 1.165) is 0 Å². The lowest BCUT2D eigenvalue weighted by Gasteiger charge is -2.29. The number of hydrogen-bond acceptors (Lipinski definition) is 6. The monoisotopic (exact) mass is 394 g/mol. The summed E-state index contributed by atoms with van der Waals surface area (Å²) in [6.45, 7) is 3.48. The maximum atomic E-state index is 13.4. The summed E-state index contributed by atoms with van der Waals surface area (Å²) in [6.07, 6.45) is 0. The van der Waals surface area contributed by atoms with E-state index in [0.29, 0.717) is 11.3 Å². The molecule has 7 heteroatoms. The van der Waals surface area contributed by atoms with Gasteiger partial charge in [-0.3, -0.25) is 19.7 Å². The van der Waals surface area contributed by atoms with Gasteiger partial charge in [0, 0.05) is 6.04 Å². The standard InChI is InChI=1S/C22H22N2O5/c1-3-29-21(28)22(2)17-16(18(23-22)13-9-11-15(25)12-10-13)19(26)24(20(17)27)14-7-5-4-6-8-14/h4-12,16-18,23,25H,3H2,1-2H3/t16-,17-,18-,22+/m0/s1. The average molecular weight is 394 g/mol. The van der Waals surface area contributed by atoms with E-state index >= 15 is 0 Å². The predicted molar refractivity (Wildman–Crippen MR) is 105 cm³/mol. The van der Waals surface area contributed by atoms with Crippen LogP contribution in [0.15, 0.2) is 54.6 Å². The molecule has 29 heavy (non-hydrogen) atoms. The zero-order valence-corrected chi connectivity index (χ0v) is 16.2. The van der Waals surface area contributed by atoms with Crippen LogP contribution in [0.4, 0.5) is 5.69 Å². The number of nitrogens with zero attached hydrogens (tertiary/aromatic N) is 1. The van der Waals surface area contributed by atoms with Crippen LogP contribution in [0.2, 0.25) is 0 Å². The fraction of sp³-hybridized carbons (Fsp3) is 0.318. The van der Waals surface area contributed by atoms with Gasteiger partial charge in [-0.25, -0.2) is 4.90 Å². The summed E-state index contributed by atoms with van der Waals surface area (Å²) >= 11 is 0. The van der Waals surface area contributed by atoms with Crippen LogP contribution in [-0.2, 0) is 19.1 Å². The molecule has 4 rings (SSSR count). The van der Waals surface area contributed by atoms with Gasteiger partial charge in [-0.15, -0.1) is 0 Å². The van der Waals surface area contributed by atoms with E-state index in [1.165, 1.54) is 17.0 Å². The molecule has 2 fully saturated rings. The van der Waals surface area contributed by atoms with Gasteiger partial charge in [-0.2, -0.15) is 0 Å². The van der Waals surface area contributed by atoms with Gasteiger partial charge in [0.1, 0.15) is 11.3 Å². The highest BCUT2D eigenvalue weighted by atomic mass is 16.5. The number of imide groups is 1. The van der Waals surface area contributed by atoms with E-state index in [1.54, 1.807) is 56.3 Å². The van der Waals surface area contributed by atoms with Crippen LogP contribution < -0.4 is 10.2 Å². The zero-order chi connectivity index (χ0) is 20.8. The summed E-state index contributed by atoms with van der Waals surface area (Å²) in [5.41, 5.74) is -0.158. The molecule has 2 amide bonds. The molecule has 2 heterocycles. The molecule has 0 aliphatic carbocycles. The fourth-order valence-corrected chi connectivity index (χ4v) is 4.41.